The van der Waals surface area contributed by atoms with Gasteiger partial charge in [0.2, 0.25) is 0 Å². The molecule has 21 heavy (non-hydrogen) atoms. The summed E-state index contributed by atoms with van der Waals surface area (Å²) in [6, 6.07) is 7.09. The zero-order valence-electron chi connectivity index (χ0n) is 10.3. The number of hydrogen-bond donors (Lipinski definition) is 2. The highest BCUT2D eigenvalue weighted by molar-refractivity contribution is 6.33. The molecule has 0 unspecified atom stereocenters. The minimum absolute atomic E-state index is 0.154. The van der Waals surface area contributed by atoms with Crippen molar-refractivity contribution in [1.29, 1.82) is 0 Å². The minimum Gasteiger partial charge on any atom is -0.506 e. The molecule has 0 aliphatic heterocycles. The summed E-state index contributed by atoms with van der Waals surface area (Å²) in [5.74, 6) is -2.09. The summed E-state index contributed by atoms with van der Waals surface area (Å²) in [5, 5.41) is 22.3. The number of phenols is 1. The Morgan fingerprint density at radius 1 is 1.33 bits per heavy atom. The average Bonchev–Trinajstić information content (AvgIpc) is 2.42. The van der Waals surface area contributed by atoms with Crippen LogP contribution in [0.3, 0.4) is 0 Å². The molecule has 2 rings (SSSR count). The van der Waals surface area contributed by atoms with Crippen LogP contribution in [0, 0.1) is 15.9 Å². The van der Waals surface area contributed by atoms with E-state index in [1.165, 1.54) is 18.2 Å². The van der Waals surface area contributed by atoms with Gasteiger partial charge in [0.25, 0.3) is 11.6 Å². The number of hydrogen-bond acceptors (Lipinski definition) is 4. The van der Waals surface area contributed by atoms with E-state index in [9.17, 15) is 24.4 Å². The molecule has 0 aromatic heterocycles. The van der Waals surface area contributed by atoms with E-state index in [0.717, 1.165) is 18.2 Å². The molecule has 6 nitrogen and oxygen atoms in total. The molecular formula is C13H8ClFN2O4. The van der Waals surface area contributed by atoms with Gasteiger partial charge in [-0.25, -0.2) is 4.39 Å². The highest BCUT2D eigenvalue weighted by Gasteiger charge is 2.19. The lowest BCUT2D eigenvalue weighted by molar-refractivity contribution is -0.384. The first-order chi connectivity index (χ1) is 9.90. The Morgan fingerprint density at radius 2 is 2.00 bits per heavy atom. The lowest BCUT2D eigenvalue weighted by Crippen LogP contribution is -2.13. The molecule has 0 spiro atoms. The number of nitro benzene ring substituents is 1. The fourth-order valence-corrected chi connectivity index (χ4v) is 1.86. The molecule has 2 aromatic carbocycles. The van der Waals surface area contributed by atoms with Gasteiger partial charge >= 0.3 is 0 Å². The number of nitro groups is 1. The predicted molar refractivity (Wildman–Crippen MR) is 74.1 cm³/mol. The highest BCUT2D eigenvalue weighted by Crippen LogP contribution is 2.35. The van der Waals surface area contributed by atoms with Crippen LogP contribution < -0.4 is 5.32 Å². The number of aromatic hydroxyl groups is 1. The van der Waals surface area contributed by atoms with E-state index in [1.54, 1.807) is 0 Å². The first-order valence-electron chi connectivity index (χ1n) is 5.63. The van der Waals surface area contributed by atoms with Crippen molar-refractivity contribution in [2.75, 3.05) is 5.32 Å². The molecule has 0 aliphatic carbocycles. The quantitative estimate of drug-likeness (QED) is 0.516. The number of benzene rings is 2. The minimum atomic E-state index is -0.812. The third-order valence-corrected chi connectivity index (χ3v) is 2.93. The van der Waals surface area contributed by atoms with E-state index >= 15 is 0 Å². The number of halogens is 2. The molecule has 8 heteroatoms. The molecule has 108 valence electrons. The van der Waals surface area contributed by atoms with Crippen molar-refractivity contribution in [3.05, 3.63) is 62.9 Å². The van der Waals surface area contributed by atoms with Crippen molar-refractivity contribution >= 4 is 28.9 Å². The molecular weight excluding hydrogens is 303 g/mol. The van der Waals surface area contributed by atoms with Crippen LogP contribution in [-0.4, -0.2) is 15.9 Å². The lowest BCUT2D eigenvalue weighted by atomic mass is 10.2. The zero-order chi connectivity index (χ0) is 15.6. The Hall–Kier alpha value is -2.67. The van der Waals surface area contributed by atoms with Crippen LogP contribution in [0.1, 0.15) is 10.4 Å². The summed E-state index contributed by atoms with van der Waals surface area (Å²) >= 11 is 5.68. The SMILES string of the molecule is O=C(Nc1cc(Cl)c([N+](=O)[O-])cc1O)c1ccccc1F. The second-order valence-corrected chi connectivity index (χ2v) is 4.42. The van der Waals surface area contributed by atoms with Crippen molar-refractivity contribution in [3.8, 4) is 5.75 Å². The van der Waals surface area contributed by atoms with Crippen LogP contribution in [0.4, 0.5) is 15.8 Å². The normalized spacial score (nSPS) is 10.2. The standard InChI is InChI=1S/C13H8ClFN2O4/c14-8-5-10(12(18)6-11(8)17(20)21)16-13(19)7-3-1-2-4-9(7)15/h1-6,18H,(H,16,19). The van der Waals surface area contributed by atoms with Crippen molar-refractivity contribution in [1.82, 2.24) is 0 Å². The van der Waals surface area contributed by atoms with Crippen LogP contribution in [-0.2, 0) is 0 Å². The average molecular weight is 311 g/mol. The number of phenolic OH excluding ortho intramolecular Hbond substituents is 1. The van der Waals surface area contributed by atoms with Crippen LogP contribution in [0.5, 0.6) is 5.75 Å². The van der Waals surface area contributed by atoms with Crippen molar-refractivity contribution < 1.29 is 19.2 Å². The molecule has 0 saturated carbocycles. The lowest BCUT2D eigenvalue weighted by Gasteiger charge is -2.08. The largest absolute Gasteiger partial charge is 0.506 e. The van der Waals surface area contributed by atoms with Crippen molar-refractivity contribution in [2.24, 2.45) is 0 Å². The first-order valence-corrected chi connectivity index (χ1v) is 6.00. The molecule has 0 bridgehead atoms. The summed E-state index contributed by atoms with van der Waals surface area (Å²) in [6.07, 6.45) is 0. The highest BCUT2D eigenvalue weighted by atomic mass is 35.5. The Balaban J connectivity index is 2.32. The fourth-order valence-electron chi connectivity index (χ4n) is 1.63. The molecule has 1 amide bonds. The number of anilines is 1. The predicted octanol–water partition coefficient (Wildman–Crippen LogP) is 3.35. The molecule has 0 heterocycles. The Kier molecular flexibility index (Phi) is 4.04. The number of carbonyl (C=O) groups excluding carboxylic acids is 1. The van der Waals surface area contributed by atoms with Gasteiger partial charge in [0, 0.05) is 0 Å². The number of amides is 1. The van der Waals surface area contributed by atoms with Crippen LogP contribution in [0.2, 0.25) is 5.02 Å². The second kappa shape index (κ2) is 5.76. The molecule has 0 fully saturated rings. The fraction of sp³-hybridized carbons (Fsp3) is 0. The maximum atomic E-state index is 13.5. The Labute approximate surface area is 122 Å². The van der Waals surface area contributed by atoms with E-state index in [4.69, 9.17) is 11.6 Å². The van der Waals surface area contributed by atoms with Crippen LogP contribution in [0.25, 0.3) is 0 Å². The number of rotatable bonds is 3. The monoisotopic (exact) mass is 310 g/mol. The van der Waals surface area contributed by atoms with Gasteiger partial charge in [0.05, 0.1) is 22.2 Å². The number of nitrogens with one attached hydrogen (secondary N) is 1. The van der Waals surface area contributed by atoms with Gasteiger partial charge in [-0.3, -0.25) is 14.9 Å². The van der Waals surface area contributed by atoms with E-state index in [-0.39, 0.29) is 16.3 Å². The molecule has 0 radical (unpaired) electrons. The summed E-state index contributed by atoms with van der Waals surface area (Å²) in [4.78, 5) is 21.8. The molecule has 0 aliphatic rings. The Bertz CT molecular complexity index is 736. The summed E-state index contributed by atoms with van der Waals surface area (Å²) in [6.45, 7) is 0. The molecule has 2 N–H and O–H groups in total. The number of carbonyl (C=O) groups is 1. The Morgan fingerprint density at radius 3 is 2.62 bits per heavy atom. The molecule has 2 aromatic rings. The maximum Gasteiger partial charge on any atom is 0.291 e. The van der Waals surface area contributed by atoms with Gasteiger partial charge in [-0.2, -0.15) is 0 Å². The van der Waals surface area contributed by atoms with E-state index in [1.807, 2.05) is 0 Å². The number of nitrogens with zero attached hydrogens (tertiary/aromatic N) is 1. The third-order valence-electron chi connectivity index (χ3n) is 2.63. The summed E-state index contributed by atoms with van der Waals surface area (Å²) < 4.78 is 13.5. The smallest absolute Gasteiger partial charge is 0.291 e. The summed E-state index contributed by atoms with van der Waals surface area (Å²) in [7, 11) is 0. The summed E-state index contributed by atoms with van der Waals surface area (Å²) in [5.41, 5.74) is -0.886. The van der Waals surface area contributed by atoms with Gasteiger partial charge in [-0.1, -0.05) is 23.7 Å². The topological polar surface area (TPSA) is 92.5 Å². The molecule has 0 saturated heterocycles. The van der Waals surface area contributed by atoms with Gasteiger partial charge < -0.3 is 10.4 Å². The van der Waals surface area contributed by atoms with Crippen LogP contribution >= 0.6 is 11.6 Å². The van der Waals surface area contributed by atoms with Gasteiger partial charge in [-0.15, -0.1) is 0 Å². The van der Waals surface area contributed by atoms with Gasteiger partial charge in [0.15, 0.2) is 0 Å². The molecule has 0 atom stereocenters. The zero-order valence-corrected chi connectivity index (χ0v) is 11.1. The first kappa shape index (κ1) is 14.7. The van der Waals surface area contributed by atoms with Gasteiger partial charge in [0.1, 0.15) is 16.6 Å². The second-order valence-electron chi connectivity index (χ2n) is 4.01. The third kappa shape index (κ3) is 3.09. The van der Waals surface area contributed by atoms with Crippen molar-refractivity contribution in [2.45, 2.75) is 0 Å². The van der Waals surface area contributed by atoms with E-state index in [0.29, 0.717) is 0 Å². The van der Waals surface area contributed by atoms with Crippen LogP contribution in [0.15, 0.2) is 36.4 Å². The maximum absolute atomic E-state index is 13.5. The van der Waals surface area contributed by atoms with Gasteiger partial charge in [-0.05, 0) is 18.2 Å². The van der Waals surface area contributed by atoms with Crippen molar-refractivity contribution in [3.63, 3.8) is 0 Å². The van der Waals surface area contributed by atoms with E-state index < -0.39 is 28.1 Å². The van der Waals surface area contributed by atoms with E-state index in [2.05, 4.69) is 5.32 Å².